The van der Waals surface area contributed by atoms with Crippen molar-refractivity contribution >= 4 is 76.5 Å². The number of aromatic nitrogens is 2. The standard InChI is InChI=1S/C26H21Br3ClN3O3/c1-14(2)25-32-22-7-6-17(27)10-19(22)26(34)33(25)31-12-15-8-21(30)24(23(9-15)35-3)36-13-16-4-5-18(28)11-20(16)29/h4-12,14H,13H2,1-3H3. The van der Waals surface area contributed by atoms with Crippen molar-refractivity contribution < 1.29 is 9.47 Å². The van der Waals surface area contributed by atoms with Crippen LogP contribution in [0, 0.1) is 0 Å². The maximum atomic E-state index is 13.3. The molecule has 3 aromatic carbocycles. The highest BCUT2D eigenvalue weighted by atomic mass is 79.9. The fourth-order valence-electron chi connectivity index (χ4n) is 3.52. The second kappa shape index (κ2) is 11.5. The summed E-state index contributed by atoms with van der Waals surface area (Å²) < 4.78 is 15.5. The van der Waals surface area contributed by atoms with Gasteiger partial charge in [-0.15, -0.1) is 0 Å². The molecule has 0 saturated carbocycles. The van der Waals surface area contributed by atoms with Gasteiger partial charge in [-0.1, -0.05) is 79.3 Å². The highest BCUT2D eigenvalue weighted by Gasteiger charge is 2.15. The van der Waals surface area contributed by atoms with Gasteiger partial charge in [-0.3, -0.25) is 4.79 Å². The van der Waals surface area contributed by atoms with Crippen molar-refractivity contribution in [3.8, 4) is 11.5 Å². The Morgan fingerprint density at radius 1 is 1.08 bits per heavy atom. The van der Waals surface area contributed by atoms with Gasteiger partial charge in [0.1, 0.15) is 12.4 Å². The molecule has 10 heteroatoms. The van der Waals surface area contributed by atoms with Crippen LogP contribution in [0.15, 0.2) is 71.8 Å². The van der Waals surface area contributed by atoms with Crippen LogP contribution in [-0.2, 0) is 6.61 Å². The van der Waals surface area contributed by atoms with Gasteiger partial charge in [0.15, 0.2) is 11.5 Å². The van der Waals surface area contributed by atoms with Gasteiger partial charge in [-0.05, 0) is 48.0 Å². The Balaban J connectivity index is 1.68. The van der Waals surface area contributed by atoms with Gasteiger partial charge in [0.25, 0.3) is 5.56 Å². The van der Waals surface area contributed by atoms with Gasteiger partial charge < -0.3 is 9.47 Å². The molecule has 0 radical (unpaired) electrons. The number of hydrogen-bond acceptors (Lipinski definition) is 5. The molecule has 0 aliphatic rings. The molecule has 4 aromatic rings. The zero-order valence-corrected chi connectivity index (χ0v) is 25.1. The summed E-state index contributed by atoms with van der Waals surface area (Å²) in [6.07, 6.45) is 1.56. The van der Waals surface area contributed by atoms with E-state index in [1.807, 2.05) is 44.2 Å². The molecule has 186 valence electrons. The van der Waals surface area contributed by atoms with Crippen LogP contribution in [0.3, 0.4) is 0 Å². The van der Waals surface area contributed by atoms with Crippen LogP contribution in [0.5, 0.6) is 11.5 Å². The molecular formula is C26H21Br3ClN3O3. The summed E-state index contributed by atoms with van der Waals surface area (Å²) >= 11 is 17.0. The predicted octanol–water partition coefficient (Wildman–Crippen LogP) is 7.93. The lowest BCUT2D eigenvalue weighted by molar-refractivity contribution is 0.284. The Labute approximate surface area is 238 Å². The van der Waals surface area contributed by atoms with Crippen molar-refractivity contribution in [2.75, 3.05) is 7.11 Å². The summed E-state index contributed by atoms with van der Waals surface area (Å²) in [6.45, 7) is 4.23. The molecule has 0 amide bonds. The van der Waals surface area contributed by atoms with Crippen molar-refractivity contribution in [3.63, 3.8) is 0 Å². The molecule has 0 fully saturated rings. The highest BCUT2D eigenvalue weighted by molar-refractivity contribution is 9.11. The second-order valence-electron chi connectivity index (χ2n) is 8.21. The van der Waals surface area contributed by atoms with E-state index in [1.165, 1.54) is 4.68 Å². The van der Waals surface area contributed by atoms with Crippen molar-refractivity contribution in [1.82, 2.24) is 9.66 Å². The Kier molecular flexibility index (Phi) is 8.55. The SMILES string of the molecule is COc1cc(C=Nn2c(C(C)C)nc3ccc(Br)cc3c2=O)cc(Cl)c1OCc1ccc(Br)cc1Br. The molecular weight excluding hydrogens is 677 g/mol. The van der Waals surface area contributed by atoms with E-state index < -0.39 is 0 Å². The first-order chi connectivity index (χ1) is 17.2. The van der Waals surface area contributed by atoms with Crippen LogP contribution in [0.25, 0.3) is 10.9 Å². The first kappa shape index (κ1) is 26.9. The number of methoxy groups -OCH3 is 1. The van der Waals surface area contributed by atoms with E-state index in [1.54, 1.807) is 31.5 Å². The number of rotatable bonds is 7. The van der Waals surface area contributed by atoms with E-state index in [4.69, 9.17) is 21.1 Å². The zero-order valence-electron chi connectivity index (χ0n) is 19.6. The number of hydrogen-bond donors (Lipinski definition) is 0. The Morgan fingerprint density at radius 2 is 1.81 bits per heavy atom. The first-order valence-electron chi connectivity index (χ1n) is 10.9. The fraction of sp³-hybridized carbons (Fsp3) is 0.192. The summed E-state index contributed by atoms with van der Waals surface area (Å²) in [7, 11) is 1.54. The summed E-state index contributed by atoms with van der Waals surface area (Å²) in [5.74, 6) is 1.41. The molecule has 6 nitrogen and oxygen atoms in total. The molecule has 0 aliphatic heterocycles. The number of benzene rings is 3. The molecule has 4 rings (SSSR count). The molecule has 0 unspecified atom stereocenters. The van der Waals surface area contributed by atoms with Crippen molar-refractivity contribution in [1.29, 1.82) is 0 Å². The average molecular weight is 699 g/mol. The highest BCUT2D eigenvalue weighted by Crippen LogP contribution is 2.37. The minimum atomic E-state index is -0.251. The molecule has 0 bridgehead atoms. The van der Waals surface area contributed by atoms with Gasteiger partial charge in [-0.25, -0.2) is 4.98 Å². The molecule has 1 aromatic heterocycles. The van der Waals surface area contributed by atoms with Crippen LogP contribution in [-0.4, -0.2) is 23.0 Å². The molecule has 0 aliphatic carbocycles. The zero-order chi connectivity index (χ0) is 26.0. The van der Waals surface area contributed by atoms with Crippen molar-refractivity contribution in [3.05, 3.63) is 94.3 Å². The molecule has 0 atom stereocenters. The quantitative estimate of drug-likeness (QED) is 0.184. The predicted molar refractivity (Wildman–Crippen MR) is 155 cm³/mol. The van der Waals surface area contributed by atoms with E-state index in [-0.39, 0.29) is 11.5 Å². The van der Waals surface area contributed by atoms with Gasteiger partial charge in [0.2, 0.25) is 0 Å². The lowest BCUT2D eigenvalue weighted by Crippen LogP contribution is -2.23. The largest absolute Gasteiger partial charge is 0.493 e. The van der Waals surface area contributed by atoms with E-state index in [0.29, 0.717) is 45.4 Å². The molecule has 0 saturated heterocycles. The summed E-state index contributed by atoms with van der Waals surface area (Å²) in [4.78, 5) is 17.9. The monoisotopic (exact) mass is 695 g/mol. The third kappa shape index (κ3) is 5.85. The van der Waals surface area contributed by atoms with Gasteiger partial charge in [-0.2, -0.15) is 9.78 Å². The summed E-state index contributed by atoms with van der Waals surface area (Å²) in [6, 6.07) is 14.7. The van der Waals surface area contributed by atoms with Gasteiger partial charge in [0.05, 0.1) is 29.2 Å². The Bertz CT molecular complexity index is 1540. The van der Waals surface area contributed by atoms with Crippen molar-refractivity contribution in [2.45, 2.75) is 26.4 Å². The smallest absolute Gasteiger partial charge is 0.282 e. The lowest BCUT2D eigenvalue weighted by atomic mass is 10.2. The number of ether oxygens (including phenoxy) is 2. The van der Waals surface area contributed by atoms with Crippen molar-refractivity contribution in [2.24, 2.45) is 5.10 Å². The minimum absolute atomic E-state index is 0.0188. The van der Waals surface area contributed by atoms with E-state index >= 15 is 0 Å². The molecule has 1 heterocycles. The molecule has 0 N–H and O–H groups in total. The first-order valence-corrected chi connectivity index (χ1v) is 13.6. The maximum Gasteiger partial charge on any atom is 0.282 e. The van der Waals surface area contributed by atoms with Crippen LogP contribution in [0.1, 0.15) is 36.7 Å². The summed E-state index contributed by atoms with van der Waals surface area (Å²) in [5, 5.41) is 5.31. The normalized spacial score (nSPS) is 11.6. The Morgan fingerprint density at radius 3 is 2.50 bits per heavy atom. The van der Waals surface area contributed by atoms with Gasteiger partial charge >= 0.3 is 0 Å². The third-order valence-corrected chi connectivity index (χ3v) is 7.32. The number of halogens is 4. The van der Waals surface area contributed by atoms with Crippen LogP contribution < -0.4 is 15.0 Å². The van der Waals surface area contributed by atoms with Crippen LogP contribution in [0.2, 0.25) is 5.02 Å². The number of fused-ring (bicyclic) bond motifs is 1. The van der Waals surface area contributed by atoms with Crippen LogP contribution in [0.4, 0.5) is 0 Å². The minimum Gasteiger partial charge on any atom is -0.493 e. The molecule has 36 heavy (non-hydrogen) atoms. The molecule has 0 spiro atoms. The fourth-order valence-corrected chi connectivity index (χ4v) is 5.31. The van der Waals surface area contributed by atoms with E-state index in [0.717, 1.165) is 19.0 Å². The maximum absolute atomic E-state index is 13.3. The Hall–Kier alpha value is -2.20. The third-order valence-electron chi connectivity index (χ3n) is 5.31. The lowest BCUT2D eigenvalue weighted by Gasteiger charge is -2.14. The van der Waals surface area contributed by atoms with E-state index in [9.17, 15) is 4.79 Å². The average Bonchev–Trinajstić information content (AvgIpc) is 2.83. The number of nitrogens with zero attached hydrogens (tertiary/aromatic N) is 3. The summed E-state index contributed by atoms with van der Waals surface area (Å²) in [5.41, 5.74) is 1.98. The van der Waals surface area contributed by atoms with Crippen LogP contribution >= 0.6 is 59.4 Å². The van der Waals surface area contributed by atoms with E-state index in [2.05, 4.69) is 57.9 Å². The van der Waals surface area contributed by atoms with Gasteiger partial charge in [0, 0.05) is 24.9 Å². The second-order valence-corrected chi connectivity index (χ2v) is 11.3. The topological polar surface area (TPSA) is 65.7 Å².